The molecule has 2 nitrogen and oxygen atoms in total. The number of ketones is 1. The van der Waals surface area contributed by atoms with Crippen LogP contribution in [0, 0.1) is 0 Å². The van der Waals surface area contributed by atoms with E-state index in [4.69, 9.17) is 4.74 Å². The summed E-state index contributed by atoms with van der Waals surface area (Å²) >= 11 is 0. The Morgan fingerprint density at radius 2 is 1.78 bits per heavy atom. The predicted molar refractivity (Wildman–Crippen MR) is 90.8 cm³/mol. The molecule has 0 saturated carbocycles. The van der Waals surface area contributed by atoms with E-state index in [0.717, 1.165) is 18.6 Å². The molecule has 1 unspecified atom stereocenters. The summed E-state index contributed by atoms with van der Waals surface area (Å²) in [4.78, 5) is 11.9. The van der Waals surface area contributed by atoms with Gasteiger partial charge < -0.3 is 4.74 Å². The van der Waals surface area contributed by atoms with Crippen LogP contribution < -0.4 is 4.74 Å². The lowest BCUT2D eigenvalue weighted by Gasteiger charge is -2.40. The highest BCUT2D eigenvalue weighted by atomic mass is 16.5. The Morgan fingerprint density at radius 3 is 2.65 bits per heavy atom. The van der Waals surface area contributed by atoms with Crippen LogP contribution in [0.5, 0.6) is 5.75 Å². The van der Waals surface area contributed by atoms with E-state index in [-0.39, 0.29) is 0 Å². The number of carbonyl (C=O) groups is 1. The highest BCUT2D eigenvalue weighted by Crippen LogP contribution is 2.55. The summed E-state index contributed by atoms with van der Waals surface area (Å²) in [6, 6.07) is 10.8. The second-order valence-corrected chi connectivity index (χ2v) is 6.70. The molecular weight excluding hydrogens is 284 g/mol. The van der Waals surface area contributed by atoms with E-state index in [9.17, 15) is 4.79 Å². The lowest BCUT2D eigenvalue weighted by Crippen LogP contribution is -2.26. The zero-order valence-electron chi connectivity index (χ0n) is 13.2. The summed E-state index contributed by atoms with van der Waals surface area (Å²) in [6.45, 7) is 0. The maximum Gasteiger partial charge on any atom is 0.137 e. The van der Waals surface area contributed by atoms with Gasteiger partial charge in [-0.25, -0.2) is 0 Å². The lowest BCUT2D eigenvalue weighted by atomic mass is 9.63. The average molecular weight is 302 g/mol. The summed E-state index contributed by atoms with van der Waals surface area (Å²) < 4.78 is 5.54. The third-order valence-electron chi connectivity index (χ3n) is 5.64. The van der Waals surface area contributed by atoms with Gasteiger partial charge in [0.1, 0.15) is 11.5 Å². The largest absolute Gasteiger partial charge is 0.496 e. The van der Waals surface area contributed by atoms with Crippen LogP contribution in [-0.2, 0) is 17.6 Å². The first-order valence-corrected chi connectivity index (χ1v) is 8.32. The molecule has 3 aliphatic rings. The Bertz CT molecular complexity index is 889. The van der Waals surface area contributed by atoms with E-state index < -0.39 is 0 Å². The maximum absolute atomic E-state index is 11.9. The second kappa shape index (κ2) is 4.58. The molecule has 2 aromatic rings. The summed E-state index contributed by atoms with van der Waals surface area (Å²) in [5.74, 6) is 1.72. The molecule has 2 heteroatoms. The number of methoxy groups -OCH3 is 1. The van der Waals surface area contributed by atoms with Gasteiger partial charge in [-0.05, 0) is 52.3 Å². The minimum absolute atomic E-state index is 0.355. The molecule has 0 N–H and O–H groups in total. The Hall–Kier alpha value is -2.35. The first-order valence-electron chi connectivity index (χ1n) is 8.32. The maximum atomic E-state index is 11.9. The van der Waals surface area contributed by atoms with Crippen LogP contribution >= 0.6 is 0 Å². The number of Topliss-reactive ketones (excluding diaryl/α,β-unsaturated/α-hetero) is 1. The van der Waals surface area contributed by atoms with Gasteiger partial charge in [0.05, 0.1) is 7.11 Å². The molecule has 0 aromatic heterocycles. The van der Waals surface area contributed by atoms with Gasteiger partial charge in [-0.1, -0.05) is 30.3 Å². The molecule has 1 atom stereocenters. The molecule has 0 amide bonds. The van der Waals surface area contributed by atoms with Gasteiger partial charge in [0.15, 0.2) is 0 Å². The fraction of sp³-hybridized carbons (Fsp3) is 0.286. The van der Waals surface area contributed by atoms with Crippen LogP contribution in [0.2, 0.25) is 0 Å². The minimum atomic E-state index is 0.355. The van der Waals surface area contributed by atoms with Gasteiger partial charge in [-0.3, -0.25) is 4.79 Å². The molecule has 5 rings (SSSR count). The van der Waals surface area contributed by atoms with Crippen molar-refractivity contribution in [2.45, 2.75) is 31.6 Å². The predicted octanol–water partition coefficient (Wildman–Crippen LogP) is 4.30. The fourth-order valence-electron chi connectivity index (χ4n) is 4.62. The summed E-state index contributed by atoms with van der Waals surface area (Å²) in [6.07, 6.45) is 5.51. The molecule has 0 bridgehead atoms. The van der Waals surface area contributed by atoms with E-state index in [1.807, 2.05) is 6.07 Å². The Morgan fingerprint density at radius 1 is 1.00 bits per heavy atom. The zero-order chi connectivity index (χ0) is 15.6. The number of allylic oxidation sites excluding steroid dienone is 2. The van der Waals surface area contributed by atoms with E-state index >= 15 is 0 Å². The number of hydrogen-bond donors (Lipinski definition) is 0. The second-order valence-electron chi connectivity index (χ2n) is 6.70. The molecular formula is C21H18O2. The van der Waals surface area contributed by atoms with Crippen LogP contribution in [0.3, 0.4) is 0 Å². The van der Waals surface area contributed by atoms with Gasteiger partial charge in [0.25, 0.3) is 0 Å². The summed E-state index contributed by atoms with van der Waals surface area (Å²) in [5, 5.41) is 0. The van der Waals surface area contributed by atoms with Crippen LogP contribution in [0.4, 0.5) is 0 Å². The molecule has 0 spiro atoms. The molecule has 0 saturated heterocycles. The number of hydrogen-bond acceptors (Lipinski definition) is 2. The van der Waals surface area contributed by atoms with Crippen molar-refractivity contribution < 1.29 is 9.53 Å². The zero-order valence-corrected chi connectivity index (χ0v) is 13.2. The van der Waals surface area contributed by atoms with Gasteiger partial charge in [-0.15, -0.1) is 0 Å². The van der Waals surface area contributed by atoms with E-state index in [2.05, 4.69) is 30.3 Å². The third-order valence-corrected chi connectivity index (χ3v) is 5.64. The molecule has 0 aliphatic heterocycles. The van der Waals surface area contributed by atoms with Crippen LogP contribution in [0.25, 0.3) is 16.7 Å². The Balaban J connectivity index is 1.71. The van der Waals surface area contributed by atoms with Crippen LogP contribution in [-0.4, -0.2) is 12.9 Å². The van der Waals surface area contributed by atoms with Crippen molar-refractivity contribution in [2.75, 3.05) is 7.11 Å². The number of carbonyl (C=O) groups excluding carboxylic acids is 1. The molecule has 2 aromatic carbocycles. The summed E-state index contributed by atoms with van der Waals surface area (Å²) in [7, 11) is 1.74. The molecule has 0 radical (unpaired) electrons. The molecule has 0 fully saturated rings. The van der Waals surface area contributed by atoms with Gasteiger partial charge in [0, 0.05) is 24.3 Å². The minimum Gasteiger partial charge on any atom is -0.496 e. The Labute approximate surface area is 135 Å². The smallest absolute Gasteiger partial charge is 0.137 e. The molecule has 23 heavy (non-hydrogen) atoms. The third kappa shape index (κ3) is 1.66. The first-order chi connectivity index (χ1) is 11.3. The molecule has 0 heterocycles. The number of fused-ring (bicyclic) bond motifs is 8. The summed E-state index contributed by atoms with van der Waals surface area (Å²) in [5.41, 5.74) is 9.63. The van der Waals surface area contributed by atoms with E-state index in [1.165, 1.54) is 39.0 Å². The SMILES string of the molecule is COc1cccc2c1CCc1c-2ccc2c1C1CC(=O)CC=C21. The van der Waals surface area contributed by atoms with E-state index in [1.54, 1.807) is 7.11 Å². The highest BCUT2D eigenvalue weighted by Gasteiger charge is 2.39. The first kappa shape index (κ1) is 13.1. The van der Waals surface area contributed by atoms with Crippen LogP contribution in [0.1, 0.15) is 41.0 Å². The van der Waals surface area contributed by atoms with Crippen LogP contribution in [0.15, 0.2) is 36.4 Å². The number of ether oxygens (including phenoxy) is 1. The van der Waals surface area contributed by atoms with Gasteiger partial charge >= 0.3 is 0 Å². The van der Waals surface area contributed by atoms with Crippen molar-refractivity contribution in [3.05, 3.63) is 58.7 Å². The topological polar surface area (TPSA) is 26.3 Å². The quantitative estimate of drug-likeness (QED) is 0.785. The molecule has 114 valence electrons. The van der Waals surface area contributed by atoms with Crippen molar-refractivity contribution in [1.29, 1.82) is 0 Å². The van der Waals surface area contributed by atoms with Crippen molar-refractivity contribution in [3.8, 4) is 16.9 Å². The van der Waals surface area contributed by atoms with Crippen molar-refractivity contribution in [1.82, 2.24) is 0 Å². The monoisotopic (exact) mass is 302 g/mol. The van der Waals surface area contributed by atoms with Crippen molar-refractivity contribution >= 4 is 11.4 Å². The number of rotatable bonds is 1. The van der Waals surface area contributed by atoms with Crippen molar-refractivity contribution in [3.63, 3.8) is 0 Å². The fourth-order valence-corrected chi connectivity index (χ4v) is 4.62. The average Bonchev–Trinajstić information content (AvgIpc) is 2.58. The van der Waals surface area contributed by atoms with Crippen molar-refractivity contribution in [2.24, 2.45) is 0 Å². The van der Waals surface area contributed by atoms with Gasteiger partial charge in [0.2, 0.25) is 0 Å². The standard InChI is InChI=1S/C21H18O2/c1-23-20-4-2-3-13-14-7-9-18-15-6-5-12(22)11-19(15)21(18)17(14)10-8-16(13)20/h2-4,6-7,9,19H,5,8,10-11H2,1H3. The normalized spacial score (nSPS) is 20.5. The van der Waals surface area contributed by atoms with E-state index in [0.29, 0.717) is 24.5 Å². The Kier molecular flexibility index (Phi) is 2.61. The highest BCUT2D eigenvalue weighted by molar-refractivity contribution is 5.97. The molecule has 3 aliphatic carbocycles. The van der Waals surface area contributed by atoms with Gasteiger partial charge in [-0.2, -0.15) is 0 Å². The number of benzene rings is 2. The lowest BCUT2D eigenvalue weighted by molar-refractivity contribution is -0.118.